The van der Waals surface area contributed by atoms with E-state index in [1.807, 2.05) is 42.5 Å². The Bertz CT molecular complexity index is 1150. The molecule has 0 aliphatic rings. The number of hydrogen-bond acceptors (Lipinski definition) is 6. The number of hydrogen-bond donors (Lipinski definition) is 1. The first-order valence-electron chi connectivity index (χ1n) is 9.03. The maximum absolute atomic E-state index is 12.9. The molecular formula is C23H19N3O3. The Morgan fingerprint density at radius 1 is 1.14 bits per heavy atom. The van der Waals surface area contributed by atoms with Crippen molar-refractivity contribution in [1.82, 2.24) is 4.98 Å². The summed E-state index contributed by atoms with van der Waals surface area (Å²) < 4.78 is 5.24. The molecule has 3 rings (SSSR count). The number of carbonyl (C=O) groups is 2. The third-order valence-electron chi connectivity index (χ3n) is 4.62. The fourth-order valence-corrected chi connectivity index (χ4v) is 3.15. The van der Waals surface area contributed by atoms with E-state index in [2.05, 4.69) is 0 Å². The standard InChI is InChI=1S/C23H19N3O3/c1-14-21(23(28)29-13-20(27)18(12-24)15(2)25)17-10-6-7-11-19(17)26-22(14)16-8-4-3-5-9-16/h3-11,18,25H,13H2,1-2H3/t18-/m0/s1. The molecule has 0 amide bonds. The third-order valence-corrected chi connectivity index (χ3v) is 4.62. The van der Waals surface area contributed by atoms with E-state index >= 15 is 0 Å². The van der Waals surface area contributed by atoms with E-state index in [0.29, 0.717) is 27.7 Å². The summed E-state index contributed by atoms with van der Waals surface area (Å²) in [6.45, 7) is 2.60. The predicted octanol–water partition coefficient (Wildman–Crippen LogP) is 4.12. The maximum atomic E-state index is 12.9. The zero-order chi connectivity index (χ0) is 21.0. The molecule has 0 saturated heterocycles. The Balaban J connectivity index is 2.01. The molecule has 3 aromatic rings. The number of nitriles is 1. The normalized spacial score (nSPS) is 11.5. The summed E-state index contributed by atoms with van der Waals surface area (Å²) in [5, 5.41) is 17.2. The summed E-state index contributed by atoms with van der Waals surface area (Å²) in [7, 11) is 0. The van der Waals surface area contributed by atoms with Gasteiger partial charge in [-0.1, -0.05) is 48.5 Å². The van der Waals surface area contributed by atoms with Crippen LogP contribution in [0.1, 0.15) is 22.8 Å². The molecule has 0 aliphatic carbocycles. The van der Waals surface area contributed by atoms with Gasteiger partial charge in [-0.05, 0) is 25.5 Å². The molecule has 0 unspecified atom stereocenters. The van der Waals surface area contributed by atoms with Gasteiger partial charge in [0.05, 0.1) is 22.8 Å². The number of nitrogens with zero attached hydrogens (tertiary/aromatic N) is 2. The minimum atomic E-state index is -1.21. The maximum Gasteiger partial charge on any atom is 0.339 e. The second kappa shape index (κ2) is 8.44. The molecule has 0 fully saturated rings. The van der Waals surface area contributed by atoms with Crippen LogP contribution in [0.2, 0.25) is 0 Å². The zero-order valence-corrected chi connectivity index (χ0v) is 16.1. The highest BCUT2D eigenvalue weighted by molar-refractivity contribution is 6.09. The Labute approximate surface area is 168 Å². The lowest BCUT2D eigenvalue weighted by Gasteiger charge is -2.14. The molecule has 6 heteroatoms. The number of ether oxygens (including phenoxy) is 1. The Hall–Kier alpha value is -3.85. The highest BCUT2D eigenvalue weighted by Crippen LogP contribution is 2.30. The van der Waals surface area contributed by atoms with Crippen LogP contribution >= 0.6 is 0 Å². The first kappa shape index (κ1) is 19.9. The van der Waals surface area contributed by atoms with Crippen LogP contribution in [0.5, 0.6) is 0 Å². The average molecular weight is 385 g/mol. The van der Waals surface area contributed by atoms with Crippen molar-refractivity contribution in [3.8, 4) is 17.3 Å². The fourth-order valence-electron chi connectivity index (χ4n) is 3.15. The molecule has 0 saturated carbocycles. The van der Waals surface area contributed by atoms with Gasteiger partial charge in [0.2, 0.25) is 0 Å². The van der Waals surface area contributed by atoms with Crippen molar-refractivity contribution in [2.24, 2.45) is 5.92 Å². The molecular weight excluding hydrogens is 366 g/mol. The first-order valence-corrected chi connectivity index (χ1v) is 9.03. The van der Waals surface area contributed by atoms with Crippen LogP contribution in [-0.2, 0) is 9.53 Å². The summed E-state index contributed by atoms with van der Waals surface area (Å²) >= 11 is 0. The van der Waals surface area contributed by atoms with E-state index in [9.17, 15) is 9.59 Å². The number of ketones is 1. The SMILES string of the molecule is CC(=N)[C@H](C#N)C(=O)COC(=O)c1c(C)c(-c2ccccc2)nc2ccccc12. The Morgan fingerprint density at radius 2 is 1.79 bits per heavy atom. The van der Waals surface area contributed by atoms with Crippen molar-refractivity contribution in [3.63, 3.8) is 0 Å². The fraction of sp³-hybridized carbons (Fsp3) is 0.174. The van der Waals surface area contributed by atoms with Crippen molar-refractivity contribution in [2.45, 2.75) is 13.8 Å². The van der Waals surface area contributed by atoms with Crippen LogP contribution in [0.25, 0.3) is 22.2 Å². The molecule has 0 spiro atoms. The highest BCUT2D eigenvalue weighted by Gasteiger charge is 2.24. The molecule has 2 aromatic carbocycles. The highest BCUT2D eigenvalue weighted by atomic mass is 16.5. The lowest BCUT2D eigenvalue weighted by Crippen LogP contribution is -2.25. The molecule has 0 bridgehead atoms. The van der Waals surface area contributed by atoms with Gasteiger partial charge in [0.15, 0.2) is 12.4 Å². The van der Waals surface area contributed by atoms with Crippen molar-refractivity contribution in [1.29, 1.82) is 10.7 Å². The number of carbonyl (C=O) groups excluding carboxylic acids is 2. The van der Waals surface area contributed by atoms with Gasteiger partial charge in [-0.15, -0.1) is 0 Å². The molecule has 29 heavy (non-hydrogen) atoms. The van der Waals surface area contributed by atoms with Crippen molar-refractivity contribution < 1.29 is 14.3 Å². The minimum Gasteiger partial charge on any atom is -0.454 e. The van der Waals surface area contributed by atoms with Crippen molar-refractivity contribution >= 4 is 28.4 Å². The average Bonchev–Trinajstić information content (AvgIpc) is 2.72. The van der Waals surface area contributed by atoms with E-state index in [0.717, 1.165) is 5.56 Å². The first-order chi connectivity index (χ1) is 13.9. The van der Waals surface area contributed by atoms with Crippen LogP contribution in [0.15, 0.2) is 54.6 Å². The second-order valence-electron chi connectivity index (χ2n) is 6.63. The Kier molecular flexibility index (Phi) is 5.79. The monoisotopic (exact) mass is 385 g/mol. The largest absolute Gasteiger partial charge is 0.454 e. The van der Waals surface area contributed by atoms with Gasteiger partial charge < -0.3 is 10.1 Å². The van der Waals surface area contributed by atoms with Gasteiger partial charge in [-0.2, -0.15) is 5.26 Å². The number of nitrogens with one attached hydrogen (secondary N) is 1. The summed E-state index contributed by atoms with van der Waals surface area (Å²) in [6, 6.07) is 18.5. The van der Waals surface area contributed by atoms with Gasteiger partial charge in [-0.25, -0.2) is 9.78 Å². The minimum absolute atomic E-state index is 0.0783. The van der Waals surface area contributed by atoms with E-state index in [1.165, 1.54) is 6.92 Å². The van der Waals surface area contributed by atoms with Crippen molar-refractivity contribution in [2.75, 3.05) is 6.61 Å². The van der Waals surface area contributed by atoms with Crippen LogP contribution in [0.3, 0.4) is 0 Å². The van der Waals surface area contributed by atoms with Gasteiger partial charge in [0.25, 0.3) is 0 Å². The summed E-state index contributed by atoms with van der Waals surface area (Å²) in [5.41, 5.74) is 3.07. The third kappa shape index (κ3) is 4.04. The lowest BCUT2D eigenvalue weighted by molar-refractivity contribution is -0.122. The van der Waals surface area contributed by atoms with Crippen LogP contribution in [-0.4, -0.2) is 29.1 Å². The smallest absolute Gasteiger partial charge is 0.339 e. The van der Waals surface area contributed by atoms with E-state index in [-0.39, 0.29) is 5.71 Å². The van der Waals surface area contributed by atoms with Gasteiger partial charge in [-0.3, -0.25) is 4.79 Å². The van der Waals surface area contributed by atoms with Gasteiger partial charge >= 0.3 is 5.97 Å². The second-order valence-corrected chi connectivity index (χ2v) is 6.63. The molecule has 1 N–H and O–H groups in total. The zero-order valence-electron chi connectivity index (χ0n) is 16.1. The van der Waals surface area contributed by atoms with Gasteiger partial charge in [0.1, 0.15) is 5.92 Å². The van der Waals surface area contributed by atoms with E-state index in [4.69, 9.17) is 20.4 Å². The molecule has 1 heterocycles. The van der Waals surface area contributed by atoms with E-state index in [1.54, 1.807) is 25.1 Å². The van der Waals surface area contributed by atoms with E-state index < -0.39 is 24.3 Å². The number of aromatic nitrogens is 1. The number of Topliss-reactive ketones (excluding diaryl/α,β-unsaturated/α-hetero) is 1. The summed E-state index contributed by atoms with van der Waals surface area (Å²) in [4.78, 5) is 29.7. The topological polar surface area (TPSA) is 104 Å². The molecule has 1 atom stereocenters. The summed E-state index contributed by atoms with van der Waals surface area (Å²) in [5.74, 6) is -2.49. The molecule has 0 radical (unpaired) electrons. The molecule has 0 aliphatic heterocycles. The molecule has 1 aromatic heterocycles. The van der Waals surface area contributed by atoms with Gasteiger partial charge in [0, 0.05) is 16.7 Å². The van der Waals surface area contributed by atoms with Crippen molar-refractivity contribution in [3.05, 3.63) is 65.7 Å². The van der Waals surface area contributed by atoms with Crippen LogP contribution in [0.4, 0.5) is 0 Å². The number of para-hydroxylation sites is 1. The molecule has 144 valence electrons. The number of benzene rings is 2. The predicted molar refractivity (Wildman–Crippen MR) is 110 cm³/mol. The number of fused-ring (bicyclic) bond motifs is 1. The lowest BCUT2D eigenvalue weighted by atomic mass is 9.97. The Morgan fingerprint density at radius 3 is 2.45 bits per heavy atom. The number of rotatable bonds is 6. The summed E-state index contributed by atoms with van der Waals surface area (Å²) in [6.07, 6.45) is 0. The molecule has 6 nitrogen and oxygen atoms in total. The number of pyridine rings is 1. The quantitative estimate of drug-likeness (QED) is 0.508. The van der Waals surface area contributed by atoms with Crippen LogP contribution < -0.4 is 0 Å². The number of esters is 1. The van der Waals surface area contributed by atoms with Crippen LogP contribution in [0, 0.1) is 29.6 Å².